The van der Waals surface area contributed by atoms with Crippen LogP contribution < -0.4 is 20.7 Å². The summed E-state index contributed by atoms with van der Waals surface area (Å²) in [5.41, 5.74) is 2.25. The molecule has 0 aliphatic heterocycles. The van der Waals surface area contributed by atoms with Crippen LogP contribution in [0.15, 0.2) is 42.6 Å². The van der Waals surface area contributed by atoms with Crippen LogP contribution in [0.5, 0.6) is 5.88 Å². The molecule has 3 amide bonds. The molecule has 1 aromatic heterocycles. The normalized spacial score (nSPS) is 13.8. The highest BCUT2D eigenvalue weighted by Crippen LogP contribution is 2.23. The Morgan fingerprint density at radius 3 is 2.41 bits per heavy atom. The average molecular weight is 368 g/mol. The number of anilines is 2. The van der Waals surface area contributed by atoms with Crippen LogP contribution >= 0.6 is 0 Å². The van der Waals surface area contributed by atoms with E-state index < -0.39 is 0 Å². The molecule has 3 N–H and O–H groups in total. The lowest BCUT2D eigenvalue weighted by molar-refractivity contribution is -0.114. The third kappa shape index (κ3) is 5.99. The molecule has 1 aliphatic rings. The van der Waals surface area contributed by atoms with Crippen molar-refractivity contribution in [3.8, 4) is 5.88 Å². The number of hydrogen-bond donors (Lipinski definition) is 3. The fraction of sp³-hybridized carbons (Fsp3) is 0.350. The van der Waals surface area contributed by atoms with Crippen LogP contribution in [0.2, 0.25) is 0 Å². The van der Waals surface area contributed by atoms with Gasteiger partial charge in [-0.25, -0.2) is 9.78 Å². The summed E-state index contributed by atoms with van der Waals surface area (Å²) in [6.07, 6.45) is 6.51. The molecule has 0 spiro atoms. The van der Waals surface area contributed by atoms with Gasteiger partial charge in [0.2, 0.25) is 11.8 Å². The maximum Gasteiger partial charge on any atom is 0.319 e. The minimum atomic E-state index is -0.308. The molecular formula is C20H24N4O3. The lowest BCUT2D eigenvalue weighted by Crippen LogP contribution is -2.28. The molecule has 3 rings (SSSR count). The Hall–Kier alpha value is -3.09. The second-order valence-corrected chi connectivity index (χ2v) is 6.59. The van der Waals surface area contributed by atoms with Gasteiger partial charge in [-0.3, -0.25) is 4.79 Å². The molecule has 0 saturated heterocycles. The average Bonchev–Trinajstić information content (AvgIpc) is 3.15. The van der Waals surface area contributed by atoms with Gasteiger partial charge in [0.15, 0.2) is 0 Å². The number of nitrogens with one attached hydrogen (secondary N) is 3. The zero-order chi connectivity index (χ0) is 19.1. The van der Waals surface area contributed by atoms with Crippen LogP contribution in [0.3, 0.4) is 0 Å². The largest absolute Gasteiger partial charge is 0.474 e. The Morgan fingerprint density at radius 2 is 1.74 bits per heavy atom. The van der Waals surface area contributed by atoms with E-state index in [1.54, 1.807) is 30.5 Å². The van der Waals surface area contributed by atoms with Gasteiger partial charge in [0.05, 0.1) is 0 Å². The highest BCUT2D eigenvalue weighted by molar-refractivity contribution is 5.91. The minimum Gasteiger partial charge on any atom is -0.474 e. The second-order valence-electron chi connectivity index (χ2n) is 6.59. The van der Waals surface area contributed by atoms with Gasteiger partial charge in [0.1, 0.15) is 6.10 Å². The smallest absolute Gasteiger partial charge is 0.319 e. The summed E-state index contributed by atoms with van der Waals surface area (Å²) < 4.78 is 5.89. The van der Waals surface area contributed by atoms with E-state index in [-0.39, 0.29) is 18.0 Å². The number of amides is 3. The van der Waals surface area contributed by atoms with E-state index >= 15 is 0 Å². The molecule has 27 heavy (non-hydrogen) atoms. The molecule has 1 fully saturated rings. The number of pyridine rings is 1. The van der Waals surface area contributed by atoms with Gasteiger partial charge >= 0.3 is 6.03 Å². The number of nitrogens with zero attached hydrogens (tertiary/aromatic N) is 1. The van der Waals surface area contributed by atoms with Gasteiger partial charge in [-0.2, -0.15) is 0 Å². The fourth-order valence-corrected chi connectivity index (χ4v) is 3.00. The Balaban J connectivity index is 1.47. The predicted molar refractivity (Wildman–Crippen MR) is 104 cm³/mol. The van der Waals surface area contributed by atoms with Crippen LogP contribution in [0.1, 0.15) is 38.2 Å². The summed E-state index contributed by atoms with van der Waals surface area (Å²) >= 11 is 0. The van der Waals surface area contributed by atoms with E-state index in [1.165, 1.54) is 19.8 Å². The van der Waals surface area contributed by atoms with Crippen molar-refractivity contribution in [2.75, 3.05) is 10.6 Å². The molecule has 0 atom stereocenters. The van der Waals surface area contributed by atoms with Crippen molar-refractivity contribution >= 4 is 23.3 Å². The standard InChI is InChI=1S/C20H24N4O3/c1-14(25)23-16-6-8-17(9-7-16)24-20(26)22-13-15-10-11-21-19(12-15)27-18-4-2-3-5-18/h6-12,18H,2-5,13H2,1H3,(H,23,25)(H2,22,24,26). The van der Waals surface area contributed by atoms with Gasteiger partial charge in [0, 0.05) is 37.1 Å². The topological polar surface area (TPSA) is 92.4 Å². The molecule has 2 aromatic rings. The van der Waals surface area contributed by atoms with Crippen molar-refractivity contribution in [2.24, 2.45) is 0 Å². The van der Waals surface area contributed by atoms with Crippen molar-refractivity contribution < 1.29 is 14.3 Å². The molecular weight excluding hydrogens is 344 g/mol. The second kappa shape index (κ2) is 9.02. The van der Waals surface area contributed by atoms with Crippen LogP contribution in [0.25, 0.3) is 0 Å². The van der Waals surface area contributed by atoms with Crippen LogP contribution in [-0.2, 0) is 11.3 Å². The monoisotopic (exact) mass is 368 g/mol. The Bertz CT molecular complexity index is 786. The molecule has 1 heterocycles. The summed E-state index contributed by atoms with van der Waals surface area (Å²) in [7, 11) is 0. The van der Waals surface area contributed by atoms with Gasteiger partial charge in [-0.15, -0.1) is 0 Å². The molecule has 0 radical (unpaired) electrons. The first kappa shape index (κ1) is 18.7. The van der Waals surface area contributed by atoms with Crippen LogP contribution in [0, 0.1) is 0 Å². The number of carbonyl (C=O) groups is 2. The molecule has 1 aromatic carbocycles. The number of aromatic nitrogens is 1. The number of carbonyl (C=O) groups excluding carboxylic acids is 2. The Kier molecular flexibility index (Phi) is 6.25. The van der Waals surface area contributed by atoms with Gasteiger partial charge < -0.3 is 20.7 Å². The first-order chi connectivity index (χ1) is 13.1. The van der Waals surface area contributed by atoms with Crippen molar-refractivity contribution in [2.45, 2.75) is 45.3 Å². The van der Waals surface area contributed by atoms with Gasteiger partial charge in [-0.1, -0.05) is 0 Å². The lowest BCUT2D eigenvalue weighted by Gasteiger charge is -2.13. The first-order valence-electron chi connectivity index (χ1n) is 9.12. The quantitative estimate of drug-likeness (QED) is 0.725. The molecule has 1 aliphatic carbocycles. The summed E-state index contributed by atoms with van der Waals surface area (Å²) in [5.74, 6) is 0.470. The van der Waals surface area contributed by atoms with E-state index in [0.29, 0.717) is 23.8 Å². The summed E-state index contributed by atoms with van der Waals surface area (Å²) in [5, 5.41) is 8.25. The zero-order valence-corrected chi connectivity index (χ0v) is 15.3. The third-order valence-electron chi connectivity index (χ3n) is 4.31. The number of benzene rings is 1. The lowest BCUT2D eigenvalue weighted by atomic mass is 10.2. The van der Waals surface area contributed by atoms with Gasteiger partial charge in [-0.05, 0) is 61.6 Å². The maximum absolute atomic E-state index is 12.1. The Labute approximate surface area is 158 Å². The number of hydrogen-bond acceptors (Lipinski definition) is 4. The molecule has 7 nitrogen and oxygen atoms in total. The molecule has 1 saturated carbocycles. The van der Waals surface area contributed by atoms with Crippen LogP contribution in [-0.4, -0.2) is 23.0 Å². The van der Waals surface area contributed by atoms with Gasteiger partial charge in [0.25, 0.3) is 0 Å². The number of urea groups is 1. The van der Waals surface area contributed by atoms with E-state index in [4.69, 9.17) is 4.74 Å². The molecule has 0 unspecified atom stereocenters. The maximum atomic E-state index is 12.1. The first-order valence-corrected chi connectivity index (χ1v) is 9.12. The van der Waals surface area contributed by atoms with E-state index in [0.717, 1.165) is 18.4 Å². The van der Waals surface area contributed by atoms with E-state index in [9.17, 15) is 9.59 Å². The van der Waals surface area contributed by atoms with Crippen LogP contribution in [0.4, 0.5) is 16.2 Å². The Morgan fingerprint density at radius 1 is 1.07 bits per heavy atom. The highest BCUT2D eigenvalue weighted by atomic mass is 16.5. The van der Waals surface area contributed by atoms with Crippen molar-refractivity contribution in [1.82, 2.24) is 10.3 Å². The predicted octanol–water partition coefficient (Wildman–Crippen LogP) is 3.68. The molecule has 142 valence electrons. The SMILES string of the molecule is CC(=O)Nc1ccc(NC(=O)NCc2ccnc(OC3CCCC3)c2)cc1. The van der Waals surface area contributed by atoms with E-state index in [2.05, 4.69) is 20.9 Å². The van der Waals surface area contributed by atoms with Crippen molar-refractivity contribution in [1.29, 1.82) is 0 Å². The highest BCUT2D eigenvalue weighted by Gasteiger charge is 2.17. The molecule has 7 heteroatoms. The third-order valence-corrected chi connectivity index (χ3v) is 4.31. The molecule has 0 bridgehead atoms. The summed E-state index contributed by atoms with van der Waals surface area (Å²) in [4.78, 5) is 27.3. The number of ether oxygens (including phenoxy) is 1. The van der Waals surface area contributed by atoms with Crippen molar-refractivity contribution in [3.63, 3.8) is 0 Å². The fourth-order valence-electron chi connectivity index (χ4n) is 3.00. The minimum absolute atomic E-state index is 0.137. The summed E-state index contributed by atoms with van der Waals surface area (Å²) in [6, 6.07) is 10.3. The summed E-state index contributed by atoms with van der Waals surface area (Å²) in [6.45, 7) is 1.82. The van der Waals surface area contributed by atoms with Crippen molar-refractivity contribution in [3.05, 3.63) is 48.2 Å². The zero-order valence-electron chi connectivity index (χ0n) is 15.3. The van der Waals surface area contributed by atoms with E-state index in [1.807, 2.05) is 12.1 Å². The number of rotatable bonds is 6.